The molecule has 0 aromatic rings. The lowest BCUT2D eigenvalue weighted by atomic mass is 10.2. The van der Waals surface area contributed by atoms with Crippen molar-refractivity contribution < 1.29 is 14.6 Å². The summed E-state index contributed by atoms with van der Waals surface area (Å²) in [6.45, 7) is 10.9. The summed E-state index contributed by atoms with van der Waals surface area (Å²) in [7, 11) is 1.98. The maximum atomic E-state index is 12.3. The van der Waals surface area contributed by atoms with Crippen molar-refractivity contribution in [3.8, 4) is 0 Å². The molecule has 1 N–H and O–H groups in total. The number of hydrogen-bond acceptors (Lipinski definition) is 4. The van der Waals surface area contributed by atoms with Gasteiger partial charge in [-0.05, 0) is 54.5 Å². The number of aliphatic hydroxyl groups is 1. The van der Waals surface area contributed by atoms with Crippen LogP contribution in [0.4, 0.5) is 4.79 Å². The average Bonchev–Trinajstić information content (AvgIpc) is 2.55. The van der Waals surface area contributed by atoms with Crippen LogP contribution in [0.5, 0.6) is 0 Å². The van der Waals surface area contributed by atoms with E-state index in [4.69, 9.17) is 4.74 Å². The smallest absolute Gasteiger partial charge is 0.410 e. The predicted octanol–water partition coefficient (Wildman–Crippen LogP) is 2.09. The van der Waals surface area contributed by atoms with Crippen LogP contribution < -0.4 is 0 Å². The number of ether oxygens (including phenoxy) is 1. The van der Waals surface area contributed by atoms with Gasteiger partial charge in [0, 0.05) is 25.2 Å². The van der Waals surface area contributed by atoms with E-state index in [-0.39, 0.29) is 24.3 Å². The highest BCUT2D eigenvalue weighted by atomic mass is 16.6. The third kappa shape index (κ3) is 5.29. The van der Waals surface area contributed by atoms with Gasteiger partial charge in [0.1, 0.15) is 5.60 Å². The predicted molar refractivity (Wildman–Crippen MR) is 79.7 cm³/mol. The van der Waals surface area contributed by atoms with Gasteiger partial charge in [-0.2, -0.15) is 0 Å². The van der Waals surface area contributed by atoms with Crippen molar-refractivity contribution in [2.75, 3.05) is 20.1 Å². The van der Waals surface area contributed by atoms with Crippen molar-refractivity contribution in [2.24, 2.45) is 0 Å². The van der Waals surface area contributed by atoms with Crippen LogP contribution in [-0.4, -0.2) is 64.9 Å². The van der Waals surface area contributed by atoms with Crippen molar-refractivity contribution in [3.63, 3.8) is 0 Å². The fourth-order valence-electron chi connectivity index (χ4n) is 2.78. The third-order valence-electron chi connectivity index (χ3n) is 3.49. The van der Waals surface area contributed by atoms with Crippen LogP contribution in [0.2, 0.25) is 0 Å². The summed E-state index contributed by atoms with van der Waals surface area (Å²) in [6, 6.07) is 0.387. The molecule has 0 aliphatic carbocycles. The van der Waals surface area contributed by atoms with Crippen LogP contribution in [0.25, 0.3) is 0 Å². The van der Waals surface area contributed by atoms with Crippen molar-refractivity contribution >= 4 is 6.09 Å². The zero-order valence-corrected chi connectivity index (χ0v) is 13.7. The Morgan fingerprint density at radius 3 is 2.55 bits per heavy atom. The molecule has 1 heterocycles. The SMILES string of the molecule is CC(O)CN(C)CC1CCC(C)N1C(=O)OC(C)(C)C. The second kappa shape index (κ2) is 6.76. The highest BCUT2D eigenvalue weighted by molar-refractivity contribution is 5.69. The number of amides is 1. The molecule has 1 amide bonds. The fourth-order valence-corrected chi connectivity index (χ4v) is 2.78. The molecule has 0 spiro atoms. The second-order valence-electron chi connectivity index (χ2n) is 7.04. The summed E-state index contributed by atoms with van der Waals surface area (Å²) in [5, 5.41) is 9.43. The molecule has 5 nitrogen and oxygen atoms in total. The standard InChI is InChI=1S/C15H30N2O3/c1-11-7-8-13(10-16(6)9-12(2)18)17(11)14(19)20-15(3,4)5/h11-13,18H,7-10H2,1-6H3. The number of hydrogen-bond donors (Lipinski definition) is 1. The Morgan fingerprint density at radius 2 is 2.05 bits per heavy atom. The van der Waals surface area contributed by atoms with Crippen LogP contribution in [0.1, 0.15) is 47.5 Å². The first-order chi connectivity index (χ1) is 9.10. The van der Waals surface area contributed by atoms with E-state index >= 15 is 0 Å². The molecule has 3 atom stereocenters. The maximum absolute atomic E-state index is 12.3. The van der Waals surface area contributed by atoms with Crippen LogP contribution in [-0.2, 0) is 4.74 Å². The van der Waals surface area contributed by atoms with Crippen molar-refractivity contribution in [3.05, 3.63) is 0 Å². The average molecular weight is 286 g/mol. The molecule has 3 unspecified atom stereocenters. The van der Waals surface area contributed by atoms with Crippen molar-refractivity contribution in [1.82, 2.24) is 9.80 Å². The van der Waals surface area contributed by atoms with Crippen LogP contribution >= 0.6 is 0 Å². The van der Waals surface area contributed by atoms with Gasteiger partial charge in [-0.25, -0.2) is 4.79 Å². The van der Waals surface area contributed by atoms with Crippen molar-refractivity contribution in [2.45, 2.75) is 71.2 Å². The van der Waals surface area contributed by atoms with Gasteiger partial charge in [-0.15, -0.1) is 0 Å². The van der Waals surface area contributed by atoms with Crippen LogP contribution in [0.15, 0.2) is 0 Å². The van der Waals surface area contributed by atoms with Crippen molar-refractivity contribution in [1.29, 1.82) is 0 Å². The molecule has 1 aliphatic rings. The minimum absolute atomic E-state index is 0.170. The summed E-state index contributed by atoms with van der Waals surface area (Å²) in [4.78, 5) is 16.3. The minimum Gasteiger partial charge on any atom is -0.444 e. The summed E-state index contributed by atoms with van der Waals surface area (Å²) in [5.41, 5.74) is -0.463. The lowest BCUT2D eigenvalue weighted by Crippen LogP contribution is -2.47. The zero-order valence-electron chi connectivity index (χ0n) is 13.7. The molecular weight excluding hydrogens is 256 g/mol. The Labute approximate surface area is 122 Å². The maximum Gasteiger partial charge on any atom is 0.410 e. The topological polar surface area (TPSA) is 53.0 Å². The number of likely N-dealkylation sites (tertiary alicyclic amines) is 1. The molecule has 0 aromatic heterocycles. The first-order valence-electron chi connectivity index (χ1n) is 7.48. The quantitative estimate of drug-likeness (QED) is 0.860. The third-order valence-corrected chi connectivity index (χ3v) is 3.49. The van der Waals surface area contributed by atoms with Gasteiger partial charge < -0.3 is 19.6 Å². The van der Waals surface area contributed by atoms with Gasteiger partial charge in [-0.3, -0.25) is 0 Å². The molecule has 1 rings (SSSR count). The van der Waals surface area contributed by atoms with E-state index in [9.17, 15) is 9.90 Å². The molecular formula is C15H30N2O3. The Hall–Kier alpha value is -0.810. The highest BCUT2D eigenvalue weighted by Gasteiger charge is 2.37. The van der Waals surface area contributed by atoms with Crippen LogP contribution in [0, 0.1) is 0 Å². The number of likely N-dealkylation sites (N-methyl/N-ethyl adjacent to an activating group) is 1. The van der Waals surface area contributed by atoms with Gasteiger partial charge in [0.15, 0.2) is 0 Å². The monoisotopic (exact) mass is 286 g/mol. The zero-order chi connectivity index (χ0) is 15.5. The van der Waals surface area contributed by atoms with Gasteiger partial charge >= 0.3 is 6.09 Å². The molecule has 1 aliphatic heterocycles. The van der Waals surface area contributed by atoms with E-state index in [1.165, 1.54) is 0 Å². The Kier molecular flexibility index (Phi) is 5.83. The van der Waals surface area contributed by atoms with Gasteiger partial charge in [0.25, 0.3) is 0 Å². The second-order valence-corrected chi connectivity index (χ2v) is 7.04. The van der Waals surface area contributed by atoms with Gasteiger partial charge in [0.05, 0.1) is 6.10 Å². The van der Waals surface area contributed by atoms with E-state index in [2.05, 4.69) is 11.8 Å². The number of rotatable bonds is 4. The molecule has 118 valence electrons. The Morgan fingerprint density at radius 1 is 1.45 bits per heavy atom. The van der Waals surface area contributed by atoms with Gasteiger partial charge in [0.2, 0.25) is 0 Å². The molecule has 0 bridgehead atoms. The fraction of sp³-hybridized carbons (Fsp3) is 0.933. The first kappa shape index (κ1) is 17.2. The van der Waals surface area contributed by atoms with E-state index < -0.39 is 5.60 Å². The summed E-state index contributed by atoms with van der Waals surface area (Å²) < 4.78 is 5.50. The summed E-state index contributed by atoms with van der Waals surface area (Å²) in [6.07, 6.45) is 1.42. The van der Waals surface area contributed by atoms with E-state index in [1.807, 2.05) is 32.7 Å². The number of carbonyl (C=O) groups is 1. The molecule has 0 radical (unpaired) electrons. The lowest BCUT2D eigenvalue weighted by Gasteiger charge is -2.33. The highest BCUT2D eigenvalue weighted by Crippen LogP contribution is 2.26. The van der Waals surface area contributed by atoms with E-state index in [0.29, 0.717) is 6.54 Å². The molecule has 20 heavy (non-hydrogen) atoms. The molecule has 1 saturated heterocycles. The first-order valence-corrected chi connectivity index (χ1v) is 7.48. The number of carbonyl (C=O) groups excluding carboxylic acids is 1. The van der Waals surface area contributed by atoms with E-state index in [0.717, 1.165) is 19.4 Å². The molecule has 0 saturated carbocycles. The van der Waals surface area contributed by atoms with E-state index in [1.54, 1.807) is 6.92 Å². The van der Waals surface area contributed by atoms with Gasteiger partial charge in [-0.1, -0.05) is 0 Å². The lowest BCUT2D eigenvalue weighted by molar-refractivity contribution is 0.0125. The van der Waals surface area contributed by atoms with Crippen LogP contribution in [0.3, 0.4) is 0 Å². The number of aliphatic hydroxyl groups excluding tert-OH is 1. The summed E-state index contributed by atoms with van der Waals surface area (Å²) >= 11 is 0. The molecule has 5 heteroatoms. The Bertz CT molecular complexity index is 326. The molecule has 1 fully saturated rings. The Balaban J connectivity index is 2.64. The number of nitrogens with zero attached hydrogens (tertiary/aromatic N) is 2. The summed E-state index contributed by atoms with van der Waals surface area (Å²) in [5.74, 6) is 0. The normalized spacial score (nSPS) is 25.1. The largest absolute Gasteiger partial charge is 0.444 e. The minimum atomic E-state index is -0.463. The molecule has 0 aromatic carbocycles.